The lowest BCUT2D eigenvalue weighted by molar-refractivity contribution is -0.122. The highest BCUT2D eigenvalue weighted by atomic mass is 19.1. The molecule has 2 aromatic rings. The predicted octanol–water partition coefficient (Wildman–Crippen LogP) is 2.45. The first-order valence-corrected chi connectivity index (χ1v) is 7.13. The molecule has 0 saturated carbocycles. The van der Waals surface area contributed by atoms with Crippen LogP contribution < -0.4 is 10.6 Å². The number of hydrogen-bond donors (Lipinski definition) is 2. The lowest BCUT2D eigenvalue weighted by Gasteiger charge is -2.23. The zero-order valence-electron chi connectivity index (χ0n) is 11.9. The molecule has 4 rings (SSSR count). The monoisotopic (exact) mass is 296 g/mol. The van der Waals surface area contributed by atoms with Gasteiger partial charge in [0.2, 0.25) is 0 Å². The number of hydrogen-bond acceptors (Lipinski definition) is 2. The molecule has 0 aromatic heterocycles. The second kappa shape index (κ2) is 4.16. The maximum atomic E-state index is 13.7. The van der Waals surface area contributed by atoms with E-state index < -0.39 is 23.3 Å². The van der Waals surface area contributed by atoms with Crippen molar-refractivity contribution in [2.45, 2.75) is 18.9 Å². The molecule has 0 bridgehead atoms. The zero-order chi connectivity index (χ0) is 15.5. The van der Waals surface area contributed by atoms with E-state index in [1.165, 1.54) is 12.1 Å². The molecule has 3 amide bonds. The van der Waals surface area contributed by atoms with Gasteiger partial charge in [-0.2, -0.15) is 0 Å². The van der Waals surface area contributed by atoms with Crippen molar-refractivity contribution in [3.63, 3.8) is 0 Å². The molecule has 2 aliphatic rings. The minimum atomic E-state index is -1.32. The van der Waals surface area contributed by atoms with Crippen molar-refractivity contribution < 1.29 is 14.0 Å². The first-order chi connectivity index (χ1) is 10.6. The Balaban J connectivity index is 2.09. The average molecular weight is 296 g/mol. The highest BCUT2D eigenvalue weighted by molar-refractivity contribution is 6.13. The van der Waals surface area contributed by atoms with E-state index in [2.05, 4.69) is 10.6 Å². The van der Waals surface area contributed by atoms with E-state index in [1.807, 2.05) is 25.1 Å². The van der Waals surface area contributed by atoms with E-state index in [0.717, 1.165) is 23.1 Å². The van der Waals surface area contributed by atoms with Crippen LogP contribution in [0.4, 0.5) is 9.18 Å². The molecule has 2 aromatic carbocycles. The molecule has 4 nitrogen and oxygen atoms in total. The van der Waals surface area contributed by atoms with Crippen molar-refractivity contribution >= 4 is 11.9 Å². The standard InChI is InChI=1S/C17H13FN2O2/c1-2-9-3-5-11-12-6-4-10(18)8-14(12)17(13(11)7-9)15(21)19-16(22)20-17/h3-8H,2H2,1H3,(H2,19,20,21,22). The number of fused-ring (bicyclic) bond motifs is 5. The fourth-order valence-electron chi connectivity index (χ4n) is 3.40. The summed E-state index contributed by atoms with van der Waals surface area (Å²) in [5, 5.41) is 4.98. The second-order valence-corrected chi connectivity index (χ2v) is 5.58. The number of carbonyl (C=O) groups is 2. The number of imide groups is 1. The third kappa shape index (κ3) is 1.45. The summed E-state index contributed by atoms with van der Waals surface area (Å²) in [6.45, 7) is 2.02. The number of halogens is 1. The van der Waals surface area contributed by atoms with Crippen LogP contribution in [0.2, 0.25) is 0 Å². The number of urea groups is 1. The maximum absolute atomic E-state index is 13.7. The largest absolute Gasteiger partial charge is 0.322 e. The highest BCUT2D eigenvalue weighted by Gasteiger charge is 2.54. The van der Waals surface area contributed by atoms with Crippen LogP contribution in [0.15, 0.2) is 36.4 Å². The minimum absolute atomic E-state index is 0.435. The summed E-state index contributed by atoms with van der Waals surface area (Å²) >= 11 is 0. The van der Waals surface area contributed by atoms with Crippen molar-refractivity contribution in [1.82, 2.24) is 10.6 Å². The summed E-state index contributed by atoms with van der Waals surface area (Å²) in [7, 11) is 0. The third-order valence-electron chi connectivity index (χ3n) is 4.44. The van der Waals surface area contributed by atoms with Crippen LogP contribution in [0.1, 0.15) is 23.6 Å². The van der Waals surface area contributed by atoms with Gasteiger partial charge in [-0.05, 0) is 40.8 Å². The summed E-state index contributed by atoms with van der Waals surface area (Å²) in [5.41, 5.74) is 2.55. The lowest BCUT2D eigenvalue weighted by atomic mass is 9.86. The molecule has 110 valence electrons. The topological polar surface area (TPSA) is 58.2 Å². The molecule has 1 heterocycles. The molecule has 0 radical (unpaired) electrons. The average Bonchev–Trinajstić information content (AvgIpc) is 2.95. The SMILES string of the molecule is CCc1ccc2c(c1)C1(NC(=O)NC1=O)c1cc(F)ccc1-2. The van der Waals surface area contributed by atoms with Crippen molar-refractivity contribution in [1.29, 1.82) is 0 Å². The van der Waals surface area contributed by atoms with Gasteiger partial charge in [0.05, 0.1) is 0 Å². The van der Waals surface area contributed by atoms with Gasteiger partial charge in [0.15, 0.2) is 5.54 Å². The van der Waals surface area contributed by atoms with Gasteiger partial charge >= 0.3 is 6.03 Å². The van der Waals surface area contributed by atoms with Crippen molar-refractivity contribution in [3.8, 4) is 11.1 Å². The first kappa shape index (κ1) is 13.0. The Morgan fingerprint density at radius 3 is 2.36 bits per heavy atom. The summed E-state index contributed by atoms with van der Waals surface area (Å²) in [6.07, 6.45) is 0.809. The molecule has 1 atom stereocenters. The smallest absolute Gasteiger partial charge is 0.316 e. The van der Waals surface area contributed by atoms with Crippen LogP contribution in [-0.2, 0) is 16.8 Å². The zero-order valence-corrected chi connectivity index (χ0v) is 11.9. The van der Waals surface area contributed by atoms with Gasteiger partial charge in [-0.3, -0.25) is 10.1 Å². The molecular formula is C17H13FN2O2. The number of nitrogens with one attached hydrogen (secondary N) is 2. The number of benzene rings is 2. The molecule has 2 N–H and O–H groups in total. The molecule has 1 spiro atoms. The predicted molar refractivity (Wildman–Crippen MR) is 78.7 cm³/mol. The number of carbonyl (C=O) groups excluding carboxylic acids is 2. The van der Waals surface area contributed by atoms with Gasteiger partial charge in [-0.15, -0.1) is 0 Å². The van der Waals surface area contributed by atoms with E-state index in [1.54, 1.807) is 6.07 Å². The van der Waals surface area contributed by atoms with E-state index in [0.29, 0.717) is 11.1 Å². The maximum Gasteiger partial charge on any atom is 0.322 e. The van der Waals surface area contributed by atoms with E-state index in [4.69, 9.17) is 0 Å². The highest BCUT2D eigenvalue weighted by Crippen LogP contribution is 2.49. The van der Waals surface area contributed by atoms with Crippen LogP contribution in [0, 0.1) is 5.82 Å². The molecule has 1 unspecified atom stereocenters. The Kier molecular flexibility index (Phi) is 2.46. The van der Waals surface area contributed by atoms with Crippen LogP contribution >= 0.6 is 0 Å². The third-order valence-corrected chi connectivity index (χ3v) is 4.44. The molecule has 1 fully saturated rings. The number of rotatable bonds is 1. The Bertz CT molecular complexity index is 847. The quantitative estimate of drug-likeness (QED) is 0.794. The van der Waals surface area contributed by atoms with Gasteiger partial charge < -0.3 is 5.32 Å². The molecule has 1 aliphatic carbocycles. The van der Waals surface area contributed by atoms with Gasteiger partial charge in [0.1, 0.15) is 5.82 Å². The van der Waals surface area contributed by atoms with Crippen molar-refractivity contribution in [3.05, 3.63) is 58.9 Å². The van der Waals surface area contributed by atoms with Gasteiger partial charge in [0.25, 0.3) is 5.91 Å². The van der Waals surface area contributed by atoms with E-state index in [9.17, 15) is 14.0 Å². The fraction of sp³-hybridized carbons (Fsp3) is 0.176. The number of amides is 3. The lowest BCUT2D eigenvalue weighted by Crippen LogP contribution is -2.43. The molecular weight excluding hydrogens is 283 g/mol. The Morgan fingerprint density at radius 1 is 1.05 bits per heavy atom. The summed E-state index contributed by atoms with van der Waals surface area (Å²) in [6, 6.07) is 9.61. The Labute approximate surface area is 126 Å². The van der Waals surface area contributed by atoms with Crippen LogP contribution in [0.5, 0.6) is 0 Å². The minimum Gasteiger partial charge on any atom is -0.316 e. The van der Waals surface area contributed by atoms with Crippen LogP contribution in [-0.4, -0.2) is 11.9 Å². The van der Waals surface area contributed by atoms with Gasteiger partial charge in [-0.1, -0.05) is 31.2 Å². The van der Waals surface area contributed by atoms with E-state index in [-0.39, 0.29) is 0 Å². The molecule has 22 heavy (non-hydrogen) atoms. The molecule has 5 heteroatoms. The van der Waals surface area contributed by atoms with Crippen LogP contribution in [0.25, 0.3) is 11.1 Å². The second-order valence-electron chi connectivity index (χ2n) is 5.58. The van der Waals surface area contributed by atoms with Crippen LogP contribution in [0.3, 0.4) is 0 Å². The normalized spacial score (nSPS) is 21.5. The fourth-order valence-corrected chi connectivity index (χ4v) is 3.40. The summed E-state index contributed by atoms with van der Waals surface area (Å²) in [5.74, 6) is -0.896. The Hall–Kier alpha value is -2.69. The van der Waals surface area contributed by atoms with Crippen molar-refractivity contribution in [2.24, 2.45) is 0 Å². The van der Waals surface area contributed by atoms with Gasteiger partial charge in [0, 0.05) is 5.56 Å². The van der Waals surface area contributed by atoms with Crippen molar-refractivity contribution in [2.75, 3.05) is 0 Å². The first-order valence-electron chi connectivity index (χ1n) is 7.13. The number of aryl methyl sites for hydroxylation is 1. The van der Waals surface area contributed by atoms with E-state index >= 15 is 0 Å². The Morgan fingerprint density at radius 2 is 1.73 bits per heavy atom. The molecule has 1 aliphatic heterocycles. The summed E-state index contributed by atoms with van der Waals surface area (Å²) < 4.78 is 13.7. The summed E-state index contributed by atoms with van der Waals surface area (Å²) in [4.78, 5) is 24.3. The van der Waals surface area contributed by atoms with Gasteiger partial charge in [-0.25, -0.2) is 9.18 Å². The molecule has 1 saturated heterocycles.